The molecule has 7 nitrogen and oxygen atoms in total. The highest BCUT2D eigenvalue weighted by atomic mass is 79.9. The van der Waals surface area contributed by atoms with E-state index < -0.39 is 5.97 Å². The van der Waals surface area contributed by atoms with Crippen LogP contribution >= 0.6 is 27.7 Å². The second kappa shape index (κ2) is 5.78. The van der Waals surface area contributed by atoms with Crippen LogP contribution in [0.4, 0.5) is 0 Å². The van der Waals surface area contributed by atoms with Gasteiger partial charge >= 0.3 is 5.97 Å². The molecule has 0 unspecified atom stereocenters. The second-order valence-corrected chi connectivity index (χ2v) is 5.92. The Morgan fingerprint density at radius 3 is 3.10 bits per heavy atom. The average Bonchev–Trinajstić information content (AvgIpc) is 2.92. The monoisotopic (exact) mass is 365 g/mol. The molecule has 0 aliphatic rings. The first-order chi connectivity index (χ1) is 10.1. The zero-order chi connectivity index (χ0) is 14.8. The number of thioether (sulfide) groups is 1. The van der Waals surface area contributed by atoms with Crippen molar-refractivity contribution in [3.05, 3.63) is 34.9 Å². The normalized spacial score (nSPS) is 10.9. The summed E-state index contributed by atoms with van der Waals surface area (Å²) in [6.07, 6.45) is 1.69. The Balaban J connectivity index is 2.09. The number of halogens is 1. The third kappa shape index (κ3) is 2.88. The van der Waals surface area contributed by atoms with Gasteiger partial charge < -0.3 is 5.11 Å². The molecule has 9 heteroatoms. The van der Waals surface area contributed by atoms with Crippen LogP contribution in [0, 0.1) is 0 Å². The number of rotatable bonds is 4. The highest BCUT2D eigenvalue weighted by Crippen LogP contribution is 2.25. The molecule has 106 valence electrons. The quantitative estimate of drug-likeness (QED) is 0.707. The van der Waals surface area contributed by atoms with Gasteiger partial charge in [-0.2, -0.15) is 4.68 Å². The Morgan fingerprint density at radius 1 is 1.43 bits per heavy atom. The van der Waals surface area contributed by atoms with Crippen LogP contribution in [0.5, 0.6) is 0 Å². The third-order valence-corrected chi connectivity index (χ3v) is 3.99. The summed E-state index contributed by atoms with van der Waals surface area (Å²) in [5, 5.41) is 21.5. The number of carbonyl (C=O) groups is 1. The van der Waals surface area contributed by atoms with Gasteiger partial charge in [-0.15, -0.1) is 5.10 Å². The van der Waals surface area contributed by atoms with Crippen molar-refractivity contribution in [3.8, 4) is 5.69 Å². The predicted molar refractivity (Wildman–Crippen MR) is 80.5 cm³/mol. The first kappa shape index (κ1) is 14.0. The number of tetrazole rings is 1. The Labute approximate surface area is 131 Å². The van der Waals surface area contributed by atoms with Gasteiger partial charge in [0.05, 0.1) is 17.0 Å². The van der Waals surface area contributed by atoms with E-state index in [0.717, 1.165) is 27.1 Å². The van der Waals surface area contributed by atoms with Crippen LogP contribution in [0.1, 0.15) is 0 Å². The van der Waals surface area contributed by atoms with Crippen molar-refractivity contribution in [1.29, 1.82) is 0 Å². The molecule has 0 radical (unpaired) electrons. The van der Waals surface area contributed by atoms with E-state index in [1.54, 1.807) is 6.20 Å². The SMILES string of the molecule is O=C(O)CSc1nnnn1-c1cccc2cc(Br)cnc12. The van der Waals surface area contributed by atoms with E-state index in [4.69, 9.17) is 5.11 Å². The van der Waals surface area contributed by atoms with Crippen molar-refractivity contribution < 1.29 is 9.90 Å². The first-order valence-electron chi connectivity index (χ1n) is 5.83. The molecule has 0 aliphatic carbocycles. The minimum Gasteiger partial charge on any atom is -0.481 e. The predicted octanol–water partition coefficient (Wildman–Crippen LogP) is 2.15. The summed E-state index contributed by atoms with van der Waals surface area (Å²) in [4.78, 5) is 15.1. The summed E-state index contributed by atoms with van der Waals surface area (Å²) in [5.41, 5.74) is 1.45. The summed E-state index contributed by atoms with van der Waals surface area (Å²) < 4.78 is 2.38. The molecule has 2 aromatic heterocycles. The number of carboxylic acid groups (broad SMARTS) is 1. The lowest BCUT2D eigenvalue weighted by molar-refractivity contribution is -0.133. The molecule has 1 aromatic carbocycles. The number of hydrogen-bond donors (Lipinski definition) is 1. The molecule has 0 bridgehead atoms. The molecule has 0 fully saturated rings. The molecule has 0 amide bonds. The summed E-state index contributed by atoms with van der Waals surface area (Å²) in [7, 11) is 0. The zero-order valence-corrected chi connectivity index (χ0v) is 12.9. The summed E-state index contributed by atoms with van der Waals surface area (Å²) in [5.74, 6) is -1.03. The summed E-state index contributed by atoms with van der Waals surface area (Å²) in [6, 6.07) is 7.59. The molecular weight excluding hydrogens is 358 g/mol. The van der Waals surface area contributed by atoms with Crippen LogP contribution in [-0.4, -0.2) is 42.0 Å². The lowest BCUT2D eigenvalue weighted by atomic mass is 10.2. The van der Waals surface area contributed by atoms with Crippen LogP contribution in [0.2, 0.25) is 0 Å². The third-order valence-electron chi connectivity index (χ3n) is 2.65. The number of hydrogen-bond acceptors (Lipinski definition) is 6. The van der Waals surface area contributed by atoms with E-state index in [1.807, 2.05) is 24.3 Å². The Hall–Kier alpha value is -2.00. The van der Waals surface area contributed by atoms with E-state index >= 15 is 0 Å². The molecule has 0 aliphatic heterocycles. The number of pyridine rings is 1. The van der Waals surface area contributed by atoms with Gasteiger partial charge in [0.25, 0.3) is 0 Å². The highest BCUT2D eigenvalue weighted by molar-refractivity contribution is 9.10. The van der Waals surface area contributed by atoms with Crippen molar-refractivity contribution >= 4 is 44.6 Å². The van der Waals surface area contributed by atoms with Gasteiger partial charge in [0.2, 0.25) is 5.16 Å². The van der Waals surface area contributed by atoms with E-state index in [2.05, 4.69) is 36.4 Å². The Morgan fingerprint density at radius 2 is 2.29 bits per heavy atom. The molecule has 3 aromatic rings. The number of benzene rings is 1. The van der Waals surface area contributed by atoms with E-state index in [-0.39, 0.29) is 5.75 Å². The molecule has 0 saturated heterocycles. The fourth-order valence-corrected chi connectivity index (χ4v) is 2.79. The molecule has 0 spiro atoms. The maximum Gasteiger partial charge on any atom is 0.313 e. The maximum absolute atomic E-state index is 10.7. The number of carboxylic acids is 1. The average molecular weight is 366 g/mol. The van der Waals surface area contributed by atoms with Crippen LogP contribution in [0.25, 0.3) is 16.6 Å². The standard InChI is InChI=1S/C12H8BrN5O2S/c13-8-4-7-2-1-3-9(11(7)14-5-8)18-12(15-16-17-18)21-6-10(19)20/h1-5H,6H2,(H,19,20). The molecule has 1 N–H and O–H groups in total. The molecule has 0 atom stereocenters. The molecule has 21 heavy (non-hydrogen) atoms. The second-order valence-electron chi connectivity index (χ2n) is 4.06. The van der Waals surface area contributed by atoms with Gasteiger partial charge in [-0.3, -0.25) is 9.78 Å². The molecular formula is C12H8BrN5O2S. The molecule has 3 rings (SSSR count). The number of nitrogens with zero attached hydrogens (tertiary/aromatic N) is 5. The fourth-order valence-electron chi connectivity index (χ4n) is 1.84. The van der Waals surface area contributed by atoms with Crippen LogP contribution < -0.4 is 0 Å². The van der Waals surface area contributed by atoms with Crippen molar-refractivity contribution in [2.24, 2.45) is 0 Å². The van der Waals surface area contributed by atoms with Gasteiger partial charge in [-0.05, 0) is 38.5 Å². The molecule has 2 heterocycles. The summed E-state index contributed by atoms with van der Waals surface area (Å²) >= 11 is 4.44. The lowest BCUT2D eigenvalue weighted by Gasteiger charge is -2.07. The number of aromatic nitrogens is 5. The van der Waals surface area contributed by atoms with Crippen LogP contribution in [0.15, 0.2) is 40.1 Å². The van der Waals surface area contributed by atoms with Gasteiger partial charge in [-0.1, -0.05) is 23.9 Å². The minimum atomic E-state index is -0.922. The van der Waals surface area contributed by atoms with Crippen molar-refractivity contribution in [1.82, 2.24) is 25.2 Å². The number of para-hydroxylation sites is 1. The Kier molecular flexibility index (Phi) is 3.84. The Bertz CT molecular complexity index is 822. The smallest absolute Gasteiger partial charge is 0.313 e. The highest BCUT2D eigenvalue weighted by Gasteiger charge is 2.13. The number of aliphatic carboxylic acids is 1. The van der Waals surface area contributed by atoms with Crippen molar-refractivity contribution in [3.63, 3.8) is 0 Å². The maximum atomic E-state index is 10.7. The van der Waals surface area contributed by atoms with Crippen molar-refractivity contribution in [2.75, 3.05) is 5.75 Å². The number of fused-ring (bicyclic) bond motifs is 1. The van der Waals surface area contributed by atoms with E-state index in [9.17, 15) is 4.79 Å². The van der Waals surface area contributed by atoms with Gasteiger partial charge in [-0.25, -0.2) is 0 Å². The van der Waals surface area contributed by atoms with Crippen LogP contribution in [-0.2, 0) is 4.79 Å². The zero-order valence-electron chi connectivity index (χ0n) is 10.5. The lowest BCUT2D eigenvalue weighted by Crippen LogP contribution is -2.04. The van der Waals surface area contributed by atoms with Crippen LogP contribution in [0.3, 0.4) is 0 Å². The topological polar surface area (TPSA) is 93.8 Å². The van der Waals surface area contributed by atoms with Crippen molar-refractivity contribution in [2.45, 2.75) is 5.16 Å². The van der Waals surface area contributed by atoms with E-state index in [1.165, 1.54) is 4.68 Å². The molecule has 0 saturated carbocycles. The first-order valence-corrected chi connectivity index (χ1v) is 7.60. The largest absolute Gasteiger partial charge is 0.481 e. The fraction of sp³-hybridized carbons (Fsp3) is 0.0833. The van der Waals surface area contributed by atoms with E-state index in [0.29, 0.717) is 10.8 Å². The minimum absolute atomic E-state index is 0.107. The summed E-state index contributed by atoms with van der Waals surface area (Å²) in [6.45, 7) is 0. The van der Waals surface area contributed by atoms with Gasteiger partial charge in [0, 0.05) is 16.1 Å². The van der Waals surface area contributed by atoms with Gasteiger partial charge in [0.15, 0.2) is 0 Å². The van der Waals surface area contributed by atoms with Gasteiger partial charge in [0.1, 0.15) is 0 Å².